The van der Waals surface area contributed by atoms with Crippen LogP contribution in [-0.4, -0.2) is 24.5 Å². The molecule has 0 radical (unpaired) electrons. The smallest absolute Gasteiger partial charge is 0.231 e. The van der Waals surface area contributed by atoms with E-state index in [1.807, 2.05) is 48.6 Å². The fourth-order valence-corrected chi connectivity index (χ4v) is 1.89. The summed E-state index contributed by atoms with van der Waals surface area (Å²) in [6, 6.07) is 10.1. The lowest BCUT2D eigenvalue weighted by atomic mass is 10.0. The topological polar surface area (TPSA) is 67.2 Å². The number of allylic oxidation sites excluding steroid dienone is 2. The van der Waals surface area contributed by atoms with E-state index in [1.54, 1.807) is 0 Å². The van der Waals surface area contributed by atoms with Gasteiger partial charge in [0.1, 0.15) is 0 Å². The quantitative estimate of drug-likeness (QED) is 0.723. The fraction of sp³-hybridized carbons (Fsp3) is 0.214. The predicted octanol–water partition coefficient (Wildman–Crippen LogP) is 1.04. The van der Waals surface area contributed by atoms with Crippen molar-refractivity contribution in [1.29, 1.82) is 0 Å². The minimum absolute atomic E-state index is 0.0581. The molecule has 0 saturated heterocycles. The van der Waals surface area contributed by atoms with Crippen LogP contribution in [0.5, 0.6) is 0 Å². The van der Waals surface area contributed by atoms with Crippen LogP contribution in [-0.2, 0) is 4.79 Å². The third-order valence-electron chi connectivity index (χ3n) is 2.75. The van der Waals surface area contributed by atoms with E-state index in [1.165, 1.54) is 0 Å². The van der Waals surface area contributed by atoms with Gasteiger partial charge in [-0.05, 0) is 12.1 Å². The van der Waals surface area contributed by atoms with Gasteiger partial charge in [-0.2, -0.15) is 0 Å². The highest BCUT2D eigenvalue weighted by atomic mass is 16.1. The number of hydrogen-bond donors (Lipinski definition) is 3. The van der Waals surface area contributed by atoms with Crippen LogP contribution in [0.2, 0.25) is 0 Å². The maximum absolute atomic E-state index is 10.8. The molecule has 94 valence electrons. The highest BCUT2D eigenvalue weighted by Crippen LogP contribution is 2.13. The summed E-state index contributed by atoms with van der Waals surface area (Å²) in [6.07, 6.45) is 8.03. The van der Waals surface area contributed by atoms with Crippen molar-refractivity contribution in [1.82, 2.24) is 5.32 Å². The summed E-state index contributed by atoms with van der Waals surface area (Å²) in [7, 11) is 0. The monoisotopic (exact) mass is 243 g/mol. The van der Waals surface area contributed by atoms with Crippen LogP contribution in [0.1, 0.15) is 0 Å². The Hall–Kier alpha value is -2.07. The standard InChI is InChI=1S/C14H17N3O/c15-14(18)10-16-12-8-4-5-9-13(12)17-11-6-2-1-3-7-11/h1-9,12-13,16-17H,10H2,(H2,15,18). The minimum Gasteiger partial charge on any atom is -0.377 e. The second kappa shape index (κ2) is 6.02. The molecule has 0 saturated carbocycles. The van der Waals surface area contributed by atoms with Crippen LogP contribution in [0.25, 0.3) is 0 Å². The normalized spacial score (nSPS) is 21.8. The maximum Gasteiger partial charge on any atom is 0.231 e. The molecular weight excluding hydrogens is 226 g/mol. The van der Waals surface area contributed by atoms with E-state index >= 15 is 0 Å². The van der Waals surface area contributed by atoms with Crippen molar-refractivity contribution in [3.05, 3.63) is 54.6 Å². The van der Waals surface area contributed by atoms with Crippen molar-refractivity contribution in [3.63, 3.8) is 0 Å². The largest absolute Gasteiger partial charge is 0.377 e. The van der Waals surface area contributed by atoms with Gasteiger partial charge in [-0.25, -0.2) is 0 Å². The molecule has 4 nitrogen and oxygen atoms in total. The fourth-order valence-electron chi connectivity index (χ4n) is 1.89. The van der Waals surface area contributed by atoms with Gasteiger partial charge in [0.15, 0.2) is 0 Å². The first-order valence-corrected chi connectivity index (χ1v) is 5.94. The zero-order valence-electron chi connectivity index (χ0n) is 10.0. The Kier molecular flexibility index (Phi) is 4.15. The molecule has 0 aliphatic heterocycles. The van der Waals surface area contributed by atoms with Crippen molar-refractivity contribution in [2.24, 2.45) is 5.73 Å². The molecule has 0 spiro atoms. The number of benzene rings is 1. The molecule has 0 fully saturated rings. The van der Waals surface area contributed by atoms with Crippen LogP contribution < -0.4 is 16.4 Å². The summed E-state index contributed by atoms with van der Waals surface area (Å²) in [6.45, 7) is 0.176. The van der Waals surface area contributed by atoms with Crippen molar-refractivity contribution in [2.45, 2.75) is 12.1 Å². The minimum atomic E-state index is -0.351. The zero-order valence-corrected chi connectivity index (χ0v) is 10.0. The van der Waals surface area contributed by atoms with Crippen molar-refractivity contribution in [2.75, 3.05) is 11.9 Å². The summed E-state index contributed by atoms with van der Waals surface area (Å²) >= 11 is 0. The Morgan fingerprint density at radius 3 is 2.44 bits per heavy atom. The van der Waals surface area contributed by atoms with Gasteiger partial charge in [-0.1, -0.05) is 42.5 Å². The third-order valence-corrected chi connectivity index (χ3v) is 2.75. The third kappa shape index (κ3) is 3.46. The molecular formula is C14H17N3O. The molecule has 1 aromatic rings. The SMILES string of the molecule is NC(=O)CNC1C=CC=CC1Nc1ccccc1. The lowest BCUT2D eigenvalue weighted by Gasteiger charge is -2.26. The number of carbonyl (C=O) groups is 1. The van der Waals surface area contributed by atoms with E-state index in [2.05, 4.69) is 16.7 Å². The van der Waals surface area contributed by atoms with Gasteiger partial charge in [0, 0.05) is 11.7 Å². The van der Waals surface area contributed by atoms with Crippen LogP contribution in [0.15, 0.2) is 54.6 Å². The number of amides is 1. The van der Waals surface area contributed by atoms with Gasteiger partial charge in [0.05, 0.1) is 12.6 Å². The van der Waals surface area contributed by atoms with Gasteiger partial charge in [0.25, 0.3) is 0 Å². The molecule has 1 aliphatic rings. The Bertz CT molecular complexity index is 453. The number of rotatable bonds is 5. The lowest BCUT2D eigenvalue weighted by Crippen LogP contribution is -2.45. The van der Waals surface area contributed by atoms with E-state index in [0.29, 0.717) is 0 Å². The van der Waals surface area contributed by atoms with E-state index < -0.39 is 0 Å². The maximum atomic E-state index is 10.8. The average Bonchev–Trinajstić information content (AvgIpc) is 2.39. The van der Waals surface area contributed by atoms with Gasteiger partial charge in [-0.15, -0.1) is 0 Å². The predicted molar refractivity (Wildman–Crippen MR) is 73.1 cm³/mol. The van der Waals surface area contributed by atoms with E-state index in [0.717, 1.165) is 5.69 Å². The molecule has 2 unspecified atom stereocenters. The van der Waals surface area contributed by atoms with Crippen molar-refractivity contribution in [3.8, 4) is 0 Å². The number of hydrogen-bond acceptors (Lipinski definition) is 3. The molecule has 0 aromatic heterocycles. The van der Waals surface area contributed by atoms with E-state index in [-0.39, 0.29) is 24.5 Å². The highest BCUT2D eigenvalue weighted by Gasteiger charge is 2.18. The molecule has 2 atom stereocenters. The Labute approximate surface area is 107 Å². The van der Waals surface area contributed by atoms with E-state index in [4.69, 9.17) is 5.73 Å². The Morgan fingerprint density at radius 2 is 1.78 bits per heavy atom. The number of carbonyl (C=O) groups excluding carboxylic acids is 1. The number of nitrogens with two attached hydrogens (primary N) is 1. The van der Waals surface area contributed by atoms with Crippen LogP contribution in [0.4, 0.5) is 5.69 Å². The molecule has 1 aromatic carbocycles. The molecule has 18 heavy (non-hydrogen) atoms. The molecule has 4 N–H and O–H groups in total. The van der Waals surface area contributed by atoms with Crippen LogP contribution in [0.3, 0.4) is 0 Å². The zero-order chi connectivity index (χ0) is 12.8. The number of para-hydroxylation sites is 1. The van der Waals surface area contributed by atoms with Gasteiger partial charge >= 0.3 is 0 Å². The summed E-state index contributed by atoms with van der Waals surface area (Å²) in [5, 5.41) is 6.52. The molecule has 1 aliphatic carbocycles. The summed E-state index contributed by atoms with van der Waals surface area (Å²) < 4.78 is 0. The number of nitrogens with one attached hydrogen (secondary N) is 2. The van der Waals surface area contributed by atoms with Crippen molar-refractivity contribution >= 4 is 11.6 Å². The molecule has 2 rings (SSSR count). The van der Waals surface area contributed by atoms with E-state index in [9.17, 15) is 4.79 Å². The van der Waals surface area contributed by atoms with Crippen molar-refractivity contribution < 1.29 is 4.79 Å². The second-order valence-electron chi connectivity index (χ2n) is 4.18. The van der Waals surface area contributed by atoms with Gasteiger partial charge in [0.2, 0.25) is 5.91 Å². The second-order valence-corrected chi connectivity index (χ2v) is 4.18. The number of anilines is 1. The average molecular weight is 243 g/mol. The summed E-state index contributed by atoms with van der Waals surface area (Å²) in [5.41, 5.74) is 6.19. The molecule has 0 heterocycles. The Morgan fingerprint density at radius 1 is 1.11 bits per heavy atom. The molecule has 4 heteroatoms. The first-order chi connectivity index (χ1) is 8.75. The first-order valence-electron chi connectivity index (χ1n) is 5.94. The summed E-state index contributed by atoms with van der Waals surface area (Å²) in [5.74, 6) is -0.351. The molecule has 0 bridgehead atoms. The summed E-state index contributed by atoms with van der Waals surface area (Å²) in [4.78, 5) is 10.8. The first kappa shape index (κ1) is 12.4. The van der Waals surface area contributed by atoms with Crippen LogP contribution >= 0.6 is 0 Å². The lowest BCUT2D eigenvalue weighted by molar-refractivity contribution is -0.117. The highest BCUT2D eigenvalue weighted by molar-refractivity contribution is 5.76. The Balaban J connectivity index is 1.98. The molecule has 1 amide bonds. The van der Waals surface area contributed by atoms with Gasteiger partial charge < -0.3 is 11.1 Å². The number of primary amides is 1. The van der Waals surface area contributed by atoms with Gasteiger partial charge in [-0.3, -0.25) is 10.1 Å². The van der Waals surface area contributed by atoms with Crippen LogP contribution in [0, 0.1) is 0 Å².